The van der Waals surface area contributed by atoms with Gasteiger partial charge in [0.25, 0.3) is 5.91 Å². The molecular formula is C11H17N3O2. The molecule has 88 valence electrons. The second kappa shape index (κ2) is 4.65. The van der Waals surface area contributed by atoms with Gasteiger partial charge in [-0.25, -0.2) is 0 Å². The van der Waals surface area contributed by atoms with E-state index < -0.39 is 0 Å². The zero-order valence-corrected chi connectivity index (χ0v) is 9.40. The van der Waals surface area contributed by atoms with E-state index >= 15 is 0 Å². The van der Waals surface area contributed by atoms with Crippen LogP contribution >= 0.6 is 0 Å². The molecule has 0 spiro atoms. The number of hydrogen-bond acceptors (Lipinski definition) is 4. The van der Waals surface area contributed by atoms with Gasteiger partial charge >= 0.3 is 0 Å². The molecule has 0 atom stereocenters. The summed E-state index contributed by atoms with van der Waals surface area (Å²) in [6.45, 7) is 1.79. The van der Waals surface area contributed by atoms with Gasteiger partial charge in [-0.3, -0.25) is 4.79 Å². The van der Waals surface area contributed by atoms with E-state index in [4.69, 9.17) is 10.3 Å². The molecule has 0 saturated heterocycles. The summed E-state index contributed by atoms with van der Waals surface area (Å²) in [6, 6.07) is 2.16. The lowest BCUT2D eigenvalue weighted by atomic mass is 9.92. The summed E-state index contributed by atoms with van der Waals surface area (Å²) in [5, 5.41) is 6.63. The standard InChI is InChI=1S/C11H17N3O2/c1-7-6-10(16-14-7)11(15)13-9-4-2-8(12)3-5-9/h6,8-9H,2-5,12H2,1H3,(H,13,15). The number of hydrogen-bond donors (Lipinski definition) is 2. The van der Waals surface area contributed by atoms with Crippen LogP contribution in [0.25, 0.3) is 0 Å². The zero-order chi connectivity index (χ0) is 11.5. The second-order valence-electron chi connectivity index (χ2n) is 4.42. The third kappa shape index (κ3) is 2.61. The predicted molar refractivity (Wildman–Crippen MR) is 58.9 cm³/mol. The Morgan fingerprint density at radius 1 is 1.50 bits per heavy atom. The van der Waals surface area contributed by atoms with Crippen LogP contribution in [0.15, 0.2) is 10.6 Å². The molecule has 1 saturated carbocycles. The van der Waals surface area contributed by atoms with E-state index in [0.717, 1.165) is 31.4 Å². The lowest BCUT2D eigenvalue weighted by molar-refractivity contribution is 0.0888. The van der Waals surface area contributed by atoms with Crippen LogP contribution in [-0.2, 0) is 0 Å². The van der Waals surface area contributed by atoms with Crippen LogP contribution < -0.4 is 11.1 Å². The minimum atomic E-state index is -0.180. The molecule has 0 unspecified atom stereocenters. The average Bonchev–Trinajstić information content (AvgIpc) is 2.68. The van der Waals surface area contributed by atoms with E-state index in [1.54, 1.807) is 13.0 Å². The molecule has 1 aliphatic rings. The Bertz CT molecular complexity index is 367. The molecule has 5 nitrogen and oxygen atoms in total. The van der Waals surface area contributed by atoms with Crippen molar-refractivity contribution in [1.29, 1.82) is 0 Å². The lowest BCUT2D eigenvalue weighted by Crippen LogP contribution is -2.40. The van der Waals surface area contributed by atoms with Crippen LogP contribution in [0.5, 0.6) is 0 Å². The maximum Gasteiger partial charge on any atom is 0.290 e. The summed E-state index contributed by atoms with van der Waals surface area (Å²) >= 11 is 0. The largest absolute Gasteiger partial charge is 0.351 e. The van der Waals surface area contributed by atoms with Gasteiger partial charge in [0.15, 0.2) is 0 Å². The highest BCUT2D eigenvalue weighted by molar-refractivity contribution is 5.91. The Balaban J connectivity index is 1.88. The van der Waals surface area contributed by atoms with Crippen LogP contribution in [-0.4, -0.2) is 23.1 Å². The molecular weight excluding hydrogens is 206 g/mol. The fraction of sp³-hybridized carbons (Fsp3) is 0.636. The van der Waals surface area contributed by atoms with E-state index in [2.05, 4.69) is 10.5 Å². The molecule has 1 aromatic rings. The lowest BCUT2D eigenvalue weighted by Gasteiger charge is -2.26. The molecule has 1 heterocycles. The van der Waals surface area contributed by atoms with Crippen LogP contribution in [0.2, 0.25) is 0 Å². The number of nitrogens with one attached hydrogen (secondary N) is 1. The van der Waals surface area contributed by atoms with Crippen molar-refractivity contribution in [3.8, 4) is 0 Å². The Labute approximate surface area is 94.4 Å². The van der Waals surface area contributed by atoms with Crippen molar-refractivity contribution in [1.82, 2.24) is 10.5 Å². The van der Waals surface area contributed by atoms with Gasteiger partial charge in [0, 0.05) is 18.2 Å². The topological polar surface area (TPSA) is 81.2 Å². The summed E-state index contributed by atoms with van der Waals surface area (Å²) in [5.74, 6) is 0.105. The van der Waals surface area contributed by atoms with Crippen molar-refractivity contribution in [3.63, 3.8) is 0 Å². The molecule has 1 amide bonds. The number of nitrogens with zero attached hydrogens (tertiary/aromatic N) is 1. The van der Waals surface area contributed by atoms with E-state index in [1.165, 1.54) is 0 Å². The van der Waals surface area contributed by atoms with Crippen LogP contribution in [0.3, 0.4) is 0 Å². The predicted octanol–water partition coefficient (Wildman–Crippen LogP) is 0.983. The van der Waals surface area contributed by atoms with Crippen molar-refractivity contribution >= 4 is 5.91 Å². The van der Waals surface area contributed by atoms with E-state index in [1.807, 2.05) is 0 Å². The first-order chi connectivity index (χ1) is 7.65. The van der Waals surface area contributed by atoms with Crippen molar-refractivity contribution < 1.29 is 9.32 Å². The summed E-state index contributed by atoms with van der Waals surface area (Å²) < 4.78 is 4.90. The highest BCUT2D eigenvalue weighted by Gasteiger charge is 2.21. The third-order valence-electron chi connectivity index (χ3n) is 2.96. The molecule has 3 N–H and O–H groups in total. The second-order valence-corrected chi connectivity index (χ2v) is 4.42. The Hall–Kier alpha value is -1.36. The van der Waals surface area contributed by atoms with Gasteiger partial charge in [-0.05, 0) is 32.6 Å². The van der Waals surface area contributed by atoms with Gasteiger partial charge in [0.1, 0.15) is 0 Å². The van der Waals surface area contributed by atoms with Gasteiger partial charge in [-0.1, -0.05) is 5.16 Å². The fourth-order valence-electron chi connectivity index (χ4n) is 1.99. The molecule has 1 aromatic heterocycles. The SMILES string of the molecule is Cc1cc(C(=O)NC2CCC(N)CC2)on1. The molecule has 1 aliphatic carbocycles. The highest BCUT2D eigenvalue weighted by atomic mass is 16.5. The Morgan fingerprint density at radius 3 is 2.75 bits per heavy atom. The number of rotatable bonds is 2. The van der Waals surface area contributed by atoms with Gasteiger partial charge in [-0.15, -0.1) is 0 Å². The number of amides is 1. The number of aryl methyl sites for hydroxylation is 1. The van der Waals surface area contributed by atoms with Crippen LogP contribution in [0, 0.1) is 6.92 Å². The number of carbonyl (C=O) groups is 1. The van der Waals surface area contributed by atoms with Crippen molar-refractivity contribution in [2.24, 2.45) is 5.73 Å². The summed E-state index contributed by atoms with van der Waals surface area (Å²) in [4.78, 5) is 11.7. The number of aromatic nitrogens is 1. The van der Waals surface area contributed by atoms with E-state index in [-0.39, 0.29) is 17.7 Å². The number of carbonyl (C=O) groups excluding carboxylic acids is 1. The molecule has 16 heavy (non-hydrogen) atoms. The summed E-state index contributed by atoms with van der Waals surface area (Å²) in [6.07, 6.45) is 3.83. The maximum atomic E-state index is 11.7. The molecule has 1 fully saturated rings. The fourth-order valence-corrected chi connectivity index (χ4v) is 1.99. The first kappa shape index (κ1) is 11.1. The van der Waals surface area contributed by atoms with Crippen LogP contribution in [0.1, 0.15) is 41.9 Å². The van der Waals surface area contributed by atoms with Gasteiger partial charge < -0.3 is 15.6 Å². The first-order valence-electron chi connectivity index (χ1n) is 5.65. The van der Waals surface area contributed by atoms with Gasteiger partial charge in [0.2, 0.25) is 5.76 Å². The molecule has 0 bridgehead atoms. The number of nitrogens with two attached hydrogens (primary N) is 1. The molecule has 5 heteroatoms. The molecule has 0 aromatic carbocycles. The minimum absolute atomic E-state index is 0.180. The van der Waals surface area contributed by atoms with Crippen molar-refractivity contribution in [3.05, 3.63) is 17.5 Å². The van der Waals surface area contributed by atoms with Crippen molar-refractivity contribution in [2.75, 3.05) is 0 Å². The van der Waals surface area contributed by atoms with E-state index in [0.29, 0.717) is 6.04 Å². The van der Waals surface area contributed by atoms with Crippen molar-refractivity contribution in [2.45, 2.75) is 44.7 Å². The quantitative estimate of drug-likeness (QED) is 0.783. The third-order valence-corrected chi connectivity index (χ3v) is 2.96. The van der Waals surface area contributed by atoms with Gasteiger partial charge in [0.05, 0.1) is 5.69 Å². The highest BCUT2D eigenvalue weighted by Crippen LogP contribution is 2.17. The zero-order valence-electron chi connectivity index (χ0n) is 9.40. The molecule has 0 radical (unpaired) electrons. The molecule has 2 rings (SSSR count). The maximum absolute atomic E-state index is 11.7. The smallest absolute Gasteiger partial charge is 0.290 e. The normalized spacial score (nSPS) is 25.4. The monoisotopic (exact) mass is 223 g/mol. The van der Waals surface area contributed by atoms with E-state index in [9.17, 15) is 4.79 Å². The van der Waals surface area contributed by atoms with Crippen LogP contribution in [0.4, 0.5) is 0 Å². The molecule has 0 aliphatic heterocycles. The average molecular weight is 223 g/mol. The summed E-state index contributed by atoms with van der Waals surface area (Å²) in [7, 11) is 0. The Morgan fingerprint density at radius 2 is 2.19 bits per heavy atom. The first-order valence-corrected chi connectivity index (χ1v) is 5.65. The summed E-state index contributed by atoms with van der Waals surface area (Å²) in [5.41, 5.74) is 6.52. The Kier molecular flexibility index (Phi) is 3.24. The minimum Gasteiger partial charge on any atom is -0.351 e. The van der Waals surface area contributed by atoms with Gasteiger partial charge in [-0.2, -0.15) is 0 Å².